The van der Waals surface area contributed by atoms with Crippen LogP contribution in [0.4, 0.5) is 5.69 Å². The number of rotatable bonds is 6. The molecule has 29 heavy (non-hydrogen) atoms. The van der Waals surface area contributed by atoms with Gasteiger partial charge < -0.3 is 10.1 Å². The fourth-order valence-corrected chi connectivity index (χ4v) is 7.45. The summed E-state index contributed by atoms with van der Waals surface area (Å²) in [6, 6.07) is 12.5. The van der Waals surface area contributed by atoms with Crippen LogP contribution in [-0.4, -0.2) is 45.6 Å². The van der Waals surface area contributed by atoms with Gasteiger partial charge in [0.15, 0.2) is 19.7 Å². The van der Waals surface area contributed by atoms with E-state index < -0.39 is 24.9 Å². The third-order valence-corrected chi connectivity index (χ3v) is 8.75. The minimum atomic E-state index is -3.75. The van der Waals surface area contributed by atoms with Crippen molar-refractivity contribution in [3.63, 3.8) is 0 Å². The molecule has 0 aromatic heterocycles. The van der Waals surface area contributed by atoms with Gasteiger partial charge in [0.1, 0.15) is 5.75 Å². The van der Waals surface area contributed by atoms with Gasteiger partial charge in [-0.05, 0) is 68.8 Å². The average Bonchev–Trinajstić information content (AvgIpc) is 3.03. The molecule has 0 unspecified atom stereocenters. The Morgan fingerprint density at radius 3 is 2.21 bits per heavy atom. The highest BCUT2D eigenvalue weighted by Crippen LogP contribution is 2.26. The molecule has 9 heteroatoms. The monoisotopic (exact) mass is 437 g/mol. The molecule has 1 saturated heterocycles. The van der Waals surface area contributed by atoms with Crippen LogP contribution in [0.3, 0.4) is 0 Å². The van der Waals surface area contributed by atoms with Crippen molar-refractivity contribution in [3.05, 3.63) is 54.1 Å². The molecule has 0 aliphatic carbocycles. The number of benzene rings is 2. The molecule has 1 amide bonds. The molecule has 0 bridgehead atoms. The molecular formula is C20H23NO6S2. The quantitative estimate of drug-likeness (QED) is 0.745. The summed E-state index contributed by atoms with van der Waals surface area (Å²) < 4.78 is 54.0. The average molecular weight is 438 g/mol. The van der Waals surface area contributed by atoms with Crippen molar-refractivity contribution in [2.45, 2.75) is 36.5 Å². The number of ether oxygens (including phenoxy) is 1. The molecule has 3 rings (SSSR count). The zero-order chi connectivity index (χ0) is 21.2. The number of carbonyl (C=O) groups excluding carboxylic acids is 1. The van der Waals surface area contributed by atoms with Crippen LogP contribution in [0.2, 0.25) is 0 Å². The van der Waals surface area contributed by atoms with Gasteiger partial charge in [-0.15, -0.1) is 0 Å². The van der Waals surface area contributed by atoms with E-state index in [4.69, 9.17) is 4.74 Å². The summed E-state index contributed by atoms with van der Waals surface area (Å²) in [6.07, 6.45) is 0.151. The second-order valence-electron chi connectivity index (χ2n) is 7.24. The number of sulfone groups is 2. The van der Waals surface area contributed by atoms with E-state index in [1.54, 1.807) is 24.3 Å². The second kappa shape index (κ2) is 8.16. The topological polar surface area (TPSA) is 107 Å². The number of nitrogens with one attached hydrogen (secondary N) is 1. The SMILES string of the molecule is CC(C)Oc1ccc(NC(=O)c2ccc(S(=O)(=O)[C@H]3CCS(=O)(=O)C3)cc2)cc1. The Morgan fingerprint density at radius 2 is 1.69 bits per heavy atom. The fourth-order valence-electron chi connectivity index (χ4n) is 3.09. The van der Waals surface area contributed by atoms with Gasteiger partial charge in [0.25, 0.3) is 5.91 Å². The van der Waals surface area contributed by atoms with Crippen LogP contribution in [-0.2, 0) is 19.7 Å². The number of hydrogen-bond acceptors (Lipinski definition) is 6. The molecule has 1 aliphatic heterocycles. The fraction of sp³-hybridized carbons (Fsp3) is 0.350. The van der Waals surface area contributed by atoms with Crippen molar-refractivity contribution < 1.29 is 26.4 Å². The van der Waals surface area contributed by atoms with Crippen molar-refractivity contribution in [1.82, 2.24) is 0 Å². The standard InChI is InChI=1S/C20H23NO6S2/c1-14(2)27-17-7-5-16(6-8-17)21-20(22)15-3-9-18(10-4-15)29(25,26)19-11-12-28(23,24)13-19/h3-10,14,19H,11-13H2,1-2H3,(H,21,22)/t19-/m0/s1. The summed E-state index contributed by atoms with van der Waals surface area (Å²) in [4.78, 5) is 12.4. The minimum Gasteiger partial charge on any atom is -0.491 e. The van der Waals surface area contributed by atoms with Crippen LogP contribution in [0.15, 0.2) is 53.4 Å². The highest BCUT2D eigenvalue weighted by Gasteiger charge is 2.37. The Labute approximate surface area is 170 Å². The van der Waals surface area contributed by atoms with E-state index in [0.717, 1.165) is 0 Å². The first kappa shape index (κ1) is 21.3. The molecule has 2 aromatic rings. The number of hydrogen-bond donors (Lipinski definition) is 1. The summed E-state index contributed by atoms with van der Waals surface area (Å²) in [7, 11) is -7.06. The smallest absolute Gasteiger partial charge is 0.255 e. The normalized spacial score (nSPS) is 18.5. The predicted octanol–water partition coefficient (Wildman–Crippen LogP) is 2.69. The van der Waals surface area contributed by atoms with Crippen molar-refractivity contribution in [1.29, 1.82) is 0 Å². The van der Waals surface area contributed by atoms with Crippen LogP contribution in [0.25, 0.3) is 0 Å². The molecule has 0 spiro atoms. The Kier molecular flexibility index (Phi) is 6.00. The lowest BCUT2D eigenvalue weighted by atomic mass is 10.2. The van der Waals surface area contributed by atoms with Gasteiger partial charge in [-0.2, -0.15) is 0 Å². The molecule has 0 saturated carbocycles. The third kappa shape index (κ3) is 5.16. The maximum atomic E-state index is 12.6. The first-order valence-corrected chi connectivity index (χ1v) is 12.6. The van der Waals surface area contributed by atoms with Crippen LogP contribution >= 0.6 is 0 Å². The van der Waals surface area contributed by atoms with E-state index in [9.17, 15) is 21.6 Å². The van der Waals surface area contributed by atoms with E-state index in [1.807, 2.05) is 13.8 Å². The number of amides is 1. The first-order chi connectivity index (χ1) is 13.6. The third-order valence-electron chi connectivity index (χ3n) is 4.56. The van der Waals surface area contributed by atoms with Gasteiger partial charge in [-0.3, -0.25) is 4.79 Å². The number of carbonyl (C=O) groups is 1. The maximum Gasteiger partial charge on any atom is 0.255 e. The summed E-state index contributed by atoms with van der Waals surface area (Å²) in [5.74, 6) is -0.150. The van der Waals surface area contributed by atoms with Gasteiger partial charge in [-0.1, -0.05) is 0 Å². The summed E-state index contributed by atoms with van der Waals surface area (Å²) in [5, 5.41) is 1.81. The molecule has 1 aliphatic rings. The van der Waals surface area contributed by atoms with E-state index in [2.05, 4.69) is 5.32 Å². The van der Waals surface area contributed by atoms with Gasteiger partial charge >= 0.3 is 0 Å². The van der Waals surface area contributed by atoms with E-state index >= 15 is 0 Å². The molecule has 1 fully saturated rings. The zero-order valence-electron chi connectivity index (χ0n) is 16.2. The van der Waals surface area contributed by atoms with E-state index in [0.29, 0.717) is 17.0 Å². The van der Waals surface area contributed by atoms with Crippen molar-refractivity contribution in [3.8, 4) is 5.75 Å². The largest absolute Gasteiger partial charge is 0.491 e. The molecule has 156 valence electrons. The van der Waals surface area contributed by atoms with Crippen molar-refractivity contribution in [2.24, 2.45) is 0 Å². The molecule has 2 aromatic carbocycles. The summed E-state index contributed by atoms with van der Waals surface area (Å²) >= 11 is 0. The summed E-state index contributed by atoms with van der Waals surface area (Å²) in [6.45, 7) is 3.84. The predicted molar refractivity (Wildman–Crippen MR) is 111 cm³/mol. The van der Waals surface area contributed by atoms with Crippen LogP contribution < -0.4 is 10.1 Å². The lowest BCUT2D eigenvalue weighted by molar-refractivity contribution is 0.102. The molecule has 1 heterocycles. The Bertz CT molecular complexity index is 1090. The van der Waals surface area contributed by atoms with Crippen LogP contribution in [0.5, 0.6) is 5.75 Å². The van der Waals surface area contributed by atoms with Crippen LogP contribution in [0.1, 0.15) is 30.6 Å². The van der Waals surface area contributed by atoms with Gasteiger partial charge in [-0.25, -0.2) is 16.8 Å². The van der Waals surface area contributed by atoms with Crippen LogP contribution in [0, 0.1) is 0 Å². The van der Waals surface area contributed by atoms with Gasteiger partial charge in [0, 0.05) is 11.3 Å². The van der Waals surface area contributed by atoms with E-state index in [-0.39, 0.29) is 34.8 Å². The lowest BCUT2D eigenvalue weighted by Gasteiger charge is -2.12. The zero-order valence-corrected chi connectivity index (χ0v) is 17.8. The molecule has 7 nitrogen and oxygen atoms in total. The van der Waals surface area contributed by atoms with Crippen molar-refractivity contribution >= 4 is 31.3 Å². The molecule has 0 radical (unpaired) electrons. The van der Waals surface area contributed by atoms with Gasteiger partial charge in [0.05, 0.1) is 27.8 Å². The Hall–Kier alpha value is -2.39. The first-order valence-electron chi connectivity index (χ1n) is 9.19. The second-order valence-corrected chi connectivity index (χ2v) is 11.7. The molecule has 1 atom stereocenters. The highest BCUT2D eigenvalue weighted by atomic mass is 32.2. The van der Waals surface area contributed by atoms with E-state index in [1.165, 1.54) is 24.3 Å². The lowest BCUT2D eigenvalue weighted by Crippen LogP contribution is -2.22. The highest BCUT2D eigenvalue weighted by molar-refractivity contribution is 7.96. The summed E-state index contributed by atoms with van der Waals surface area (Å²) in [5.41, 5.74) is 0.879. The molecule has 1 N–H and O–H groups in total. The Balaban J connectivity index is 1.69. The number of anilines is 1. The maximum absolute atomic E-state index is 12.6. The minimum absolute atomic E-state index is 0.0198. The Morgan fingerprint density at radius 1 is 1.07 bits per heavy atom. The van der Waals surface area contributed by atoms with Crippen molar-refractivity contribution in [2.75, 3.05) is 16.8 Å². The molecular weight excluding hydrogens is 414 g/mol. The van der Waals surface area contributed by atoms with Gasteiger partial charge in [0.2, 0.25) is 0 Å².